The van der Waals surface area contributed by atoms with Crippen LogP contribution >= 0.6 is 0 Å². The fourth-order valence-electron chi connectivity index (χ4n) is 1.38. The van der Waals surface area contributed by atoms with E-state index >= 15 is 0 Å². The number of hydrogen-bond acceptors (Lipinski definition) is 4. The molecule has 0 amide bonds. The first-order chi connectivity index (χ1) is 8.31. The van der Waals surface area contributed by atoms with E-state index in [0.29, 0.717) is 32.3 Å². The van der Waals surface area contributed by atoms with E-state index in [1.165, 1.54) is 6.42 Å². The molecule has 1 atom stereocenters. The summed E-state index contributed by atoms with van der Waals surface area (Å²) in [6.45, 7) is 10.1. The predicted molar refractivity (Wildman–Crippen MR) is 70.5 cm³/mol. The quantitative estimate of drug-likeness (QED) is 0.503. The van der Waals surface area contributed by atoms with E-state index in [4.69, 9.17) is 14.2 Å². The highest BCUT2D eigenvalue weighted by molar-refractivity contribution is 4.56. The van der Waals surface area contributed by atoms with Crippen molar-refractivity contribution >= 4 is 0 Å². The maximum absolute atomic E-state index is 5.50. The Labute approximate surface area is 106 Å². The average molecular weight is 247 g/mol. The first-order valence-electron chi connectivity index (χ1n) is 6.66. The Balaban J connectivity index is 3.05. The Morgan fingerprint density at radius 2 is 1.65 bits per heavy atom. The van der Waals surface area contributed by atoms with E-state index in [0.717, 1.165) is 26.1 Å². The van der Waals surface area contributed by atoms with E-state index in [1.54, 1.807) is 7.11 Å². The van der Waals surface area contributed by atoms with Crippen molar-refractivity contribution in [2.75, 3.05) is 53.2 Å². The number of methoxy groups -OCH3 is 1. The lowest BCUT2D eigenvalue weighted by atomic mass is 10.1. The molecule has 0 radical (unpaired) electrons. The van der Waals surface area contributed by atoms with Crippen LogP contribution in [0.5, 0.6) is 0 Å². The van der Waals surface area contributed by atoms with Crippen LogP contribution in [0, 0.1) is 5.92 Å². The second-order valence-corrected chi connectivity index (χ2v) is 4.32. The average Bonchev–Trinajstić information content (AvgIpc) is 2.33. The standard InChI is InChI=1S/C13H29NO3/c1-4-6-14-12-13(2)5-7-16-10-11-17-9-8-15-3/h13-14H,4-12H2,1-3H3. The summed E-state index contributed by atoms with van der Waals surface area (Å²) in [6.07, 6.45) is 2.30. The van der Waals surface area contributed by atoms with Gasteiger partial charge in [0.05, 0.1) is 26.4 Å². The third-order valence-electron chi connectivity index (χ3n) is 2.48. The summed E-state index contributed by atoms with van der Waals surface area (Å²) < 4.78 is 15.7. The monoisotopic (exact) mass is 247 g/mol. The summed E-state index contributed by atoms with van der Waals surface area (Å²) in [5.41, 5.74) is 0. The molecular formula is C13H29NO3. The molecule has 1 N–H and O–H groups in total. The van der Waals surface area contributed by atoms with Crippen LogP contribution in [-0.4, -0.2) is 53.2 Å². The highest BCUT2D eigenvalue weighted by Crippen LogP contribution is 2.00. The molecule has 104 valence electrons. The molecule has 0 aromatic carbocycles. The molecular weight excluding hydrogens is 218 g/mol. The molecule has 0 spiro atoms. The van der Waals surface area contributed by atoms with Gasteiger partial charge in [0.2, 0.25) is 0 Å². The normalized spacial score (nSPS) is 12.9. The van der Waals surface area contributed by atoms with Gasteiger partial charge in [-0.25, -0.2) is 0 Å². The second kappa shape index (κ2) is 13.9. The Morgan fingerprint density at radius 3 is 2.29 bits per heavy atom. The lowest BCUT2D eigenvalue weighted by Gasteiger charge is -2.12. The maximum atomic E-state index is 5.50. The number of hydrogen-bond donors (Lipinski definition) is 1. The van der Waals surface area contributed by atoms with Crippen molar-refractivity contribution in [3.05, 3.63) is 0 Å². The minimum absolute atomic E-state index is 0.650. The first kappa shape index (κ1) is 16.8. The zero-order chi connectivity index (χ0) is 12.8. The Morgan fingerprint density at radius 1 is 1.00 bits per heavy atom. The molecule has 4 heteroatoms. The maximum Gasteiger partial charge on any atom is 0.0701 e. The van der Waals surface area contributed by atoms with Gasteiger partial charge in [-0.15, -0.1) is 0 Å². The minimum Gasteiger partial charge on any atom is -0.382 e. The number of rotatable bonds is 13. The second-order valence-electron chi connectivity index (χ2n) is 4.32. The van der Waals surface area contributed by atoms with Gasteiger partial charge in [-0.1, -0.05) is 13.8 Å². The number of nitrogens with one attached hydrogen (secondary N) is 1. The van der Waals surface area contributed by atoms with Gasteiger partial charge < -0.3 is 19.5 Å². The van der Waals surface area contributed by atoms with Crippen LogP contribution in [0.1, 0.15) is 26.7 Å². The zero-order valence-electron chi connectivity index (χ0n) is 11.7. The van der Waals surface area contributed by atoms with Gasteiger partial charge in [0.15, 0.2) is 0 Å². The molecule has 0 aliphatic heterocycles. The molecule has 0 aliphatic carbocycles. The lowest BCUT2D eigenvalue weighted by Crippen LogP contribution is -2.22. The topological polar surface area (TPSA) is 39.7 Å². The Hall–Kier alpha value is -0.160. The van der Waals surface area contributed by atoms with E-state index in [-0.39, 0.29) is 0 Å². The predicted octanol–water partition coefficient (Wildman–Crippen LogP) is 1.69. The highest BCUT2D eigenvalue weighted by Gasteiger charge is 2.00. The third kappa shape index (κ3) is 13.8. The van der Waals surface area contributed by atoms with E-state index in [1.807, 2.05) is 0 Å². The largest absolute Gasteiger partial charge is 0.382 e. The molecule has 0 aliphatic rings. The smallest absolute Gasteiger partial charge is 0.0701 e. The van der Waals surface area contributed by atoms with E-state index < -0.39 is 0 Å². The van der Waals surface area contributed by atoms with Crippen LogP contribution in [0.3, 0.4) is 0 Å². The highest BCUT2D eigenvalue weighted by atomic mass is 16.5. The van der Waals surface area contributed by atoms with Crippen molar-refractivity contribution < 1.29 is 14.2 Å². The van der Waals surface area contributed by atoms with Gasteiger partial charge in [0.1, 0.15) is 0 Å². The fraction of sp³-hybridized carbons (Fsp3) is 1.00. The van der Waals surface area contributed by atoms with Crippen molar-refractivity contribution in [2.24, 2.45) is 5.92 Å². The Bertz CT molecular complexity index is 145. The first-order valence-corrected chi connectivity index (χ1v) is 6.66. The van der Waals surface area contributed by atoms with Crippen LogP contribution in [0.2, 0.25) is 0 Å². The van der Waals surface area contributed by atoms with Gasteiger partial charge >= 0.3 is 0 Å². The molecule has 0 bridgehead atoms. The third-order valence-corrected chi connectivity index (χ3v) is 2.48. The lowest BCUT2D eigenvalue weighted by molar-refractivity contribution is 0.0222. The zero-order valence-corrected chi connectivity index (χ0v) is 11.7. The molecule has 17 heavy (non-hydrogen) atoms. The summed E-state index contributed by atoms with van der Waals surface area (Å²) in [5.74, 6) is 0.677. The van der Waals surface area contributed by atoms with Crippen molar-refractivity contribution in [1.82, 2.24) is 5.32 Å². The summed E-state index contributed by atoms with van der Waals surface area (Å²) in [4.78, 5) is 0. The molecule has 0 aromatic heterocycles. The minimum atomic E-state index is 0.650. The molecule has 0 saturated heterocycles. The summed E-state index contributed by atoms with van der Waals surface area (Å²) in [5, 5.41) is 3.42. The molecule has 0 aromatic rings. The van der Waals surface area contributed by atoms with E-state index in [9.17, 15) is 0 Å². The summed E-state index contributed by atoms with van der Waals surface area (Å²) in [7, 11) is 1.67. The van der Waals surface area contributed by atoms with Gasteiger partial charge in [-0.05, 0) is 31.8 Å². The van der Waals surface area contributed by atoms with Crippen molar-refractivity contribution in [3.8, 4) is 0 Å². The van der Waals surface area contributed by atoms with Crippen molar-refractivity contribution in [3.63, 3.8) is 0 Å². The van der Waals surface area contributed by atoms with Crippen LogP contribution in [0.15, 0.2) is 0 Å². The fourth-order valence-corrected chi connectivity index (χ4v) is 1.38. The Kier molecular flexibility index (Phi) is 13.8. The summed E-state index contributed by atoms with van der Waals surface area (Å²) in [6, 6.07) is 0. The van der Waals surface area contributed by atoms with Crippen molar-refractivity contribution in [2.45, 2.75) is 26.7 Å². The van der Waals surface area contributed by atoms with Gasteiger partial charge in [-0.2, -0.15) is 0 Å². The molecule has 4 nitrogen and oxygen atoms in total. The number of ether oxygens (including phenoxy) is 3. The van der Waals surface area contributed by atoms with Gasteiger partial charge in [0.25, 0.3) is 0 Å². The van der Waals surface area contributed by atoms with E-state index in [2.05, 4.69) is 19.2 Å². The molecule has 0 saturated carbocycles. The summed E-state index contributed by atoms with van der Waals surface area (Å²) >= 11 is 0. The van der Waals surface area contributed by atoms with Crippen LogP contribution in [0.25, 0.3) is 0 Å². The van der Waals surface area contributed by atoms with Gasteiger partial charge in [0, 0.05) is 13.7 Å². The molecule has 1 unspecified atom stereocenters. The van der Waals surface area contributed by atoms with Crippen LogP contribution in [-0.2, 0) is 14.2 Å². The molecule has 0 rings (SSSR count). The van der Waals surface area contributed by atoms with Crippen LogP contribution in [0.4, 0.5) is 0 Å². The van der Waals surface area contributed by atoms with Gasteiger partial charge in [-0.3, -0.25) is 0 Å². The molecule has 0 fully saturated rings. The van der Waals surface area contributed by atoms with Crippen molar-refractivity contribution in [1.29, 1.82) is 0 Å². The van der Waals surface area contributed by atoms with Crippen LogP contribution < -0.4 is 5.32 Å². The molecule has 0 heterocycles. The SMILES string of the molecule is CCCNCC(C)CCOCCOCCOC.